The Morgan fingerprint density at radius 2 is 1.91 bits per heavy atom. The number of aliphatic hydroxyl groups is 1. The predicted molar refractivity (Wildman–Crippen MR) is 88.0 cm³/mol. The van der Waals surface area contributed by atoms with E-state index in [1.54, 1.807) is 28.4 Å². The van der Waals surface area contributed by atoms with E-state index in [1.807, 2.05) is 17.5 Å². The van der Waals surface area contributed by atoms with E-state index in [2.05, 4.69) is 4.90 Å². The fraction of sp³-hybridized carbons (Fsp3) is 0.353. The van der Waals surface area contributed by atoms with Crippen molar-refractivity contribution in [1.82, 2.24) is 9.80 Å². The van der Waals surface area contributed by atoms with Gasteiger partial charge in [-0.05, 0) is 23.6 Å². The number of β-amino-alcohol motifs (C(OH)–C–C–N with tert-alkyl or cyclic N) is 1. The fourth-order valence-electron chi connectivity index (χ4n) is 2.75. The molecule has 0 aliphatic carbocycles. The molecule has 0 spiro atoms. The van der Waals surface area contributed by atoms with E-state index in [9.17, 15) is 14.3 Å². The molecular weight excluding hydrogens is 315 g/mol. The summed E-state index contributed by atoms with van der Waals surface area (Å²) in [6.07, 6.45) is -0.496. The highest BCUT2D eigenvalue weighted by molar-refractivity contribution is 7.10. The molecule has 1 aromatic carbocycles. The summed E-state index contributed by atoms with van der Waals surface area (Å²) in [6.45, 7) is 3.02. The molecule has 1 saturated heterocycles. The second-order valence-corrected chi connectivity index (χ2v) is 6.58. The second kappa shape index (κ2) is 7.21. The number of amides is 1. The number of aliphatic hydroxyl groups excluding tert-OH is 1. The smallest absolute Gasteiger partial charge is 0.256 e. The summed E-state index contributed by atoms with van der Waals surface area (Å²) in [7, 11) is 0. The maximum absolute atomic E-state index is 13.7. The molecule has 6 heteroatoms. The lowest BCUT2D eigenvalue weighted by Gasteiger charge is -2.35. The third-order valence-electron chi connectivity index (χ3n) is 4.07. The van der Waals surface area contributed by atoms with Gasteiger partial charge in [-0.3, -0.25) is 9.69 Å². The first-order chi connectivity index (χ1) is 11.1. The first-order valence-corrected chi connectivity index (χ1v) is 8.51. The van der Waals surface area contributed by atoms with Gasteiger partial charge in [-0.1, -0.05) is 18.2 Å². The molecule has 0 radical (unpaired) electrons. The number of nitrogens with zero attached hydrogens (tertiary/aromatic N) is 2. The highest BCUT2D eigenvalue weighted by Gasteiger charge is 2.25. The van der Waals surface area contributed by atoms with Gasteiger partial charge in [0, 0.05) is 37.6 Å². The maximum Gasteiger partial charge on any atom is 0.256 e. The Bertz CT molecular complexity index is 654. The lowest BCUT2D eigenvalue weighted by atomic mass is 10.1. The molecule has 1 aliphatic rings. The average molecular weight is 334 g/mol. The van der Waals surface area contributed by atoms with Crippen LogP contribution in [0.2, 0.25) is 0 Å². The standard InChI is InChI=1S/C17H19FN2O2S/c18-14-5-2-1-4-13(14)17(22)20-9-7-19(8-10-20)12-15(21)16-6-3-11-23-16/h1-6,11,15,21H,7-10,12H2/t15-/m0/s1. The number of carbonyl (C=O) groups excluding carboxylic acids is 1. The zero-order valence-electron chi connectivity index (χ0n) is 12.7. The molecule has 1 N–H and O–H groups in total. The molecule has 0 bridgehead atoms. The number of carbonyl (C=O) groups is 1. The first kappa shape index (κ1) is 16.1. The third kappa shape index (κ3) is 3.77. The van der Waals surface area contributed by atoms with Crippen molar-refractivity contribution < 1.29 is 14.3 Å². The number of thiophene rings is 1. The fourth-order valence-corrected chi connectivity index (χ4v) is 3.46. The van der Waals surface area contributed by atoms with Crippen LogP contribution in [0.5, 0.6) is 0 Å². The molecule has 122 valence electrons. The molecule has 0 saturated carbocycles. The molecule has 0 unspecified atom stereocenters. The van der Waals surface area contributed by atoms with Crippen LogP contribution in [0.25, 0.3) is 0 Å². The molecule has 1 aliphatic heterocycles. The van der Waals surface area contributed by atoms with Crippen LogP contribution in [0.4, 0.5) is 4.39 Å². The van der Waals surface area contributed by atoms with Crippen LogP contribution in [0, 0.1) is 5.82 Å². The second-order valence-electron chi connectivity index (χ2n) is 5.60. The third-order valence-corrected chi connectivity index (χ3v) is 5.04. The van der Waals surface area contributed by atoms with Gasteiger partial charge in [0.25, 0.3) is 5.91 Å². The molecule has 1 aromatic heterocycles. The minimum absolute atomic E-state index is 0.125. The van der Waals surface area contributed by atoms with E-state index in [-0.39, 0.29) is 11.5 Å². The summed E-state index contributed by atoms with van der Waals surface area (Å²) >= 11 is 1.54. The van der Waals surface area contributed by atoms with Gasteiger partial charge in [0.1, 0.15) is 11.9 Å². The van der Waals surface area contributed by atoms with Crippen LogP contribution in [-0.4, -0.2) is 53.5 Å². The van der Waals surface area contributed by atoms with Crippen molar-refractivity contribution in [3.8, 4) is 0 Å². The van der Waals surface area contributed by atoms with Gasteiger partial charge in [0.15, 0.2) is 0 Å². The first-order valence-electron chi connectivity index (χ1n) is 7.63. The zero-order chi connectivity index (χ0) is 16.2. The largest absolute Gasteiger partial charge is 0.386 e. The van der Waals surface area contributed by atoms with E-state index in [0.29, 0.717) is 32.7 Å². The lowest BCUT2D eigenvalue weighted by Crippen LogP contribution is -2.49. The van der Waals surface area contributed by atoms with Gasteiger partial charge in [0.2, 0.25) is 0 Å². The van der Waals surface area contributed by atoms with Crippen LogP contribution in [0.3, 0.4) is 0 Å². The Balaban J connectivity index is 1.54. The average Bonchev–Trinajstić information content (AvgIpc) is 3.10. The molecule has 2 aromatic rings. The number of piperazine rings is 1. The Morgan fingerprint density at radius 3 is 2.57 bits per heavy atom. The van der Waals surface area contributed by atoms with Gasteiger partial charge in [-0.25, -0.2) is 4.39 Å². The van der Waals surface area contributed by atoms with Crippen molar-refractivity contribution in [2.24, 2.45) is 0 Å². The van der Waals surface area contributed by atoms with Crippen molar-refractivity contribution in [2.45, 2.75) is 6.10 Å². The zero-order valence-corrected chi connectivity index (χ0v) is 13.5. The summed E-state index contributed by atoms with van der Waals surface area (Å²) in [6, 6.07) is 9.92. The topological polar surface area (TPSA) is 43.8 Å². The summed E-state index contributed by atoms with van der Waals surface area (Å²) < 4.78 is 13.7. The van der Waals surface area contributed by atoms with Crippen molar-refractivity contribution in [2.75, 3.05) is 32.7 Å². The molecule has 2 heterocycles. The minimum Gasteiger partial charge on any atom is -0.386 e. The Morgan fingerprint density at radius 1 is 1.17 bits per heavy atom. The maximum atomic E-state index is 13.7. The summed E-state index contributed by atoms with van der Waals surface area (Å²) in [5, 5.41) is 12.1. The highest BCUT2D eigenvalue weighted by Crippen LogP contribution is 2.20. The monoisotopic (exact) mass is 334 g/mol. The normalized spacial score (nSPS) is 17.2. The molecule has 1 amide bonds. The Hall–Kier alpha value is -1.76. The highest BCUT2D eigenvalue weighted by atomic mass is 32.1. The molecule has 1 fully saturated rings. The van der Waals surface area contributed by atoms with Gasteiger partial charge < -0.3 is 10.0 Å². The molecular formula is C17H19FN2O2S. The number of hydrogen-bond donors (Lipinski definition) is 1. The number of halogens is 1. The van der Waals surface area contributed by atoms with Crippen LogP contribution in [0.1, 0.15) is 21.3 Å². The SMILES string of the molecule is O=C(c1ccccc1F)N1CCN(C[C@H](O)c2cccs2)CC1. The van der Waals surface area contributed by atoms with Crippen molar-refractivity contribution in [3.63, 3.8) is 0 Å². The summed E-state index contributed by atoms with van der Waals surface area (Å²) in [4.78, 5) is 17.1. The van der Waals surface area contributed by atoms with Crippen molar-refractivity contribution in [1.29, 1.82) is 0 Å². The Labute approximate surface area is 138 Å². The lowest BCUT2D eigenvalue weighted by molar-refractivity contribution is 0.0529. The molecule has 4 nitrogen and oxygen atoms in total. The Kier molecular flexibility index (Phi) is 5.05. The quantitative estimate of drug-likeness (QED) is 0.934. The van der Waals surface area contributed by atoms with E-state index in [0.717, 1.165) is 4.88 Å². The van der Waals surface area contributed by atoms with Gasteiger partial charge in [-0.15, -0.1) is 11.3 Å². The van der Waals surface area contributed by atoms with Crippen LogP contribution >= 0.6 is 11.3 Å². The van der Waals surface area contributed by atoms with Crippen LogP contribution in [-0.2, 0) is 0 Å². The van der Waals surface area contributed by atoms with Crippen molar-refractivity contribution >= 4 is 17.2 Å². The molecule has 23 heavy (non-hydrogen) atoms. The van der Waals surface area contributed by atoms with Gasteiger partial charge in [-0.2, -0.15) is 0 Å². The van der Waals surface area contributed by atoms with Crippen LogP contribution in [0.15, 0.2) is 41.8 Å². The van der Waals surface area contributed by atoms with E-state index >= 15 is 0 Å². The van der Waals surface area contributed by atoms with Gasteiger partial charge in [0.05, 0.1) is 5.56 Å². The molecule has 1 atom stereocenters. The van der Waals surface area contributed by atoms with E-state index in [4.69, 9.17) is 0 Å². The molecule has 3 rings (SSSR count). The number of hydrogen-bond acceptors (Lipinski definition) is 4. The van der Waals surface area contributed by atoms with E-state index < -0.39 is 11.9 Å². The minimum atomic E-state index is -0.496. The van der Waals surface area contributed by atoms with Crippen molar-refractivity contribution in [3.05, 3.63) is 58.0 Å². The summed E-state index contributed by atoms with van der Waals surface area (Å²) in [5.74, 6) is -0.741. The summed E-state index contributed by atoms with van der Waals surface area (Å²) in [5.41, 5.74) is 0.125. The predicted octanol–water partition coefficient (Wildman–Crippen LogP) is 2.38. The van der Waals surface area contributed by atoms with E-state index in [1.165, 1.54) is 12.1 Å². The van der Waals surface area contributed by atoms with Gasteiger partial charge >= 0.3 is 0 Å². The van der Waals surface area contributed by atoms with Crippen LogP contribution < -0.4 is 0 Å². The number of benzene rings is 1. The number of rotatable bonds is 4.